The van der Waals surface area contributed by atoms with Crippen molar-refractivity contribution in [2.75, 3.05) is 0 Å². The van der Waals surface area contributed by atoms with Crippen LogP contribution in [-0.4, -0.2) is 8.42 Å². The number of benzene rings is 1. The Balaban J connectivity index is 2.49. The number of sulfone groups is 1. The van der Waals surface area contributed by atoms with Gasteiger partial charge >= 0.3 is 5.25 Å². The quantitative estimate of drug-likeness (QED) is 0.865. The molecule has 0 atom stereocenters. The highest BCUT2D eigenvalue weighted by Crippen LogP contribution is 2.39. The van der Waals surface area contributed by atoms with Gasteiger partial charge in [0.2, 0.25) is 0 Å². The van der Waals surface area contributed by atoms with E-state index in [-0.39, 0.29) is 0 Å². The van der Waals surface area contributed by atoms with Crippen molar-refractivity contribution in [1.82, 2.24) is 0 Å². The Morgan fingerprint density at radius 1 is 1.11 bits per heavy atom. The summed E-state index contributed by atoms with van der Waals surface area (Å²) in [4.78, 5) is -0.436. The molecule has 1 aromatic heterocycles. The third kappa shape index (κ3) is 2.28. The molecule has 0 unspecified atom stereocenters. The van der Waals surface area contributed by atoms with Crippen LogP contribution in [0.15, 0.2) is 51.8 Å². The number of aryl methyl sites for hydroxylation is 1. The van der Waals surface area contributed by atoms with Gasteiger partial charge in [0.1, 0.15) is 5.76 Å². The van der Waals surface area contributed by atoms with E-state index in [1.54, 1.807) is 13.0 Å². The molecule has 0 saturated heterocycles. The Kier molecular flexibility index (Phi) is 3.45. The summed E-state index contributed by atoms with van der Waals surface area (Å²) in [6.07, 6.45) is 0.418. The van der Waals surface area contributed by atoms with E-state index in [1.807, 2.05) is 0 Å². The summed E-state index contributed by atoms with van der Waals surface area (Å²) in [7, 11) is -4.81. The zero-order valence-electron chi connectivity index (χ0n) is 10.1. The van der Waals surface area contributed by atoms with E-state index in [2.05, 4.69) is 0 Å². The van der Waals surface area contributed by atoms with Gasteiger partial charge in [-0.05, 0) is 24.3 Å². The van der Waals surface area contributed by atoms with Crippen LogP contribution in [0.1, 0.15) is 18.4 Å². The maximum Gasteiger partial charge on any atom is 0.406 e. The van der Waals surface area contributed by atoms with E-state index in [0.717, 1.165) is 18.2 Å². The Bertz CT molecular complexity index is 660. The van der Waals surface area contributed by atoms with Crippen LogP contribution in [0.2, 0.25) is 0 Å². The zero-order valence-corrected chi connectivity index (χ0v) is 11.0. The van der Waals surface area contributed by atoms with Crippen LogP contribution < -0.4 is 0 Å². The summed E-state index contributed by atoms with van der Waals surface area (Å²) < 4.78 is 56.9. The fourth-order valence-electron chi connectivity index (χ4n) is 1.60. The van der Waals surface area contributed by atoms with Crippen molar-refractivity contribution in [2.24, 2.45) is 0 Å². The molecule has 0 aliphatic heterocycles. The lowest BCUT2D eigenvalue weighted by atomic mass is 10.4. The SMILES string of the molecule is CCc1ccc(C(F)(F)S(=O)(=O)c2ccccc2)o1. The van der Waals surface area contributed by atoms with Crippen molar-refractivity contribution in [3.05, 3.63) is 54.0 Å². The standard InChI is InChI=1S/C13H12F2O3S/c1-2-10-8-9-12(18-10)13(14,15)19(16,17)11-6-4-3-5-7-11/h3-9H,2H2,1H3. The van der Waals surface area contributed by atoms with Crippen LogP contribution >= 0.6 is 0 Å². The molecule has 0 spiro atoms. The second-order valence-electron chi connectivity index (χ2n) is 3.95. The molecule has 0 aliphatic rings. The molecule has 0 amide bonds. The first-order valence-electron chi connectivity index (χ1n) is 5.66. The van der Waals surface area contributed by atoms with Gasteiger partial charge in [-0.1, -0.05) is 25.1 Å². The van der Waals surface area contributed by atoms with E-state index in [9.17, 15) is 17.2 Å². The fraction of sp³-hybridized carbons (Fsp3) is 0.231. The predicted molar refractivity (Wildman–Crippen MR) is 65.6 cm³/mol. The van der Waals surface area contributed by atoms with Gasteiger partial charge in [-0.2, -0.15) is 8.78 Å². The third-order valence-corrected chi connectivity index (χ3v) is 4.46. The Morgan fingerprint density at radius 3 is 2.26 bits per heavy atom. The van der Waals surface area contributed by atoms with Gasteiger partial charge in [0.05, 0.1) is 4.90 Å². The van der Waals surface area contributed by atoms with Crippen LogP contribution in [-0.2, 0) is 21.5 Å². The van der Waals surface area contributed by atoms with Crippen LogP contribution in [0.5, 0.6) is 0 Å². The lowest BCUT2D eigenvalue weighted by Gasteiger charge is -2.14. The van der Waals surface area contributed by atoms with Crippen molar-refractivity contribution in [3.8, 4) is 0 Å². The molecule has 1 heterocycles. The van der Waals surface area contributed by atoms with Crippen molar-refractivity contribution in [3.63, 3.8) is 0 Å². The molecule has 0 radical (unpaired) electrons. The monoisotopic (exact) mass is 286 g/mol. The molecule has 6 heteroatoms. The Labute approximate surface area is 109 Å². The Hall–Kier alpha value is -1.69. The van der Waals surface area contributed by atoms with Gasteiger partial charge in [-0.15, -0.1) is 0 Å². The molecule has 2 aromatic rings. The smallest absolute Gasteiger partial charge is 0.406 e. The highest BCUT2D eigenvalue weighted by molar-refractivity contribution is 7.92. The topological polar surface area (TPSA) is 47.3 Å². The second kappa shape index (κ2) is 4.77. The zero-order chi connectivity index (χ0) is 14.1. The molecular formula is C13H12F2O3S. The van der Waals surface area contributed by atoms with Gasteiger partial charge in [-0.3, -0.25) is 0 Å². The van der Waals surface area contributed by atoms with Crippen LogP contribution in [0, 0.1) is 0 Å². The summed E-state index contributed by atoms with van der Waals surface area (Å²) in [6, 6.07) is 8.95. The summed E-state index contributed by atoms with van der Waals surface area (Å²) in [5.41, 5.74) is 0. The first-order chi connectivity index (χ1) is 8.89. The molecule has 102 valence electrons. The van der Waals surface area contributed by atoms with E-state index in [0.29, 0.717) is 12.2 Å². The predicted octanol–water partition coefficient (Wildman–Crippen LogP) is 3.37. The molecule has 0 saturated carbocycles. The molecular weight excluding hydrogens is 274 g/mol. The number of halogens is 2. The molecule has 1 aromatic carbocycles. The van der Waals surface area contributed by atoms with Crippen LogP contribution in [0.4, 0.5) is 8.78 Å². The third-order valence-electron chi connectivity index (χ3n) is 2.69. The minimum Gasteiger partial charge on any atom is -0.459 e. The van der Waals surface area contributed by atoms with Crippen molar-refractivity contribution < 1.29 is 21.6 Å². The minimum absolute atomic E-state index is 0.318. The first-order valence-corrected chi connectivity index (χ1v) is 7.14. The molecule has 0 N–H and O–H groups in total. The van der Waals surface area contributed by atoms with E-state index in [4.69, 9.17) is 4.42 Å². The van der Waals surface area contributed by atoms with Gasteiger partial charge in [0.25, 0.3) is 9.84 Å². The number of rotatable bonds is 4. The average Bonchev–Trinajstić information content (AvgIpc) is 2.89. The van der Waals surface area contributed by atoms with Gasteiger partial charge < -0.3 is 4.42 Å². The maximum absolute atomic E-state index is 14.1. The van der Waals surface area contributed by atoms with Crippen LogP contribution in [0.3, 0.4) is 0 Å². The molecule has 3 nitrogen and oxygen atoms in total. The van der Waals surface area contributed by atoms with Gasteiger partial charge in [0, 0.05) is 6.42 Å². The highest BCUT2D eigenvalue weighted by atomic mass is 32.2. The molecule has 0 fully saturated rings. The fourth-order valence-corrected chi connectivity index (χ4v) is 2.79. The van der Waals surface area contributed by atoms with Gasteiger partial charge in [0.15, 0.2) is 5.76 Å². The molecule has 19 heavy (non-hydrogen) atoms. The maximum atomic E-state index is 14.1. The lowest BCUT2D eigenvalue weighted by Crippen LogP contribution is -2.25. The normalized spacial score (nSPS) is 12.6. The van der Waals surface area contributed by atoms with Crippen LogP contribution in [0.25, 0.3) is 0 Å². The van der Waals surface area contributed by atoms with E-state index >= 15 is 0 Å². The van der Waals surface area contributed by atoms with Crippen molar-refractivity contribution in [1.29, 1.82) is 0 Å². The number of hydrogen-bond acceptors (Lipinski definition) is 3. The summed E-state index contributed by atoms with van der Waals surface area (Å²) in [5.74, 6) is -0.536. The average molecular weight is 286 g/mol. The van der Waals surface area contributed by atoms with Gasteiger partial charge in [-0.25, -0.2) is 8.42 Å². The van der Waals surface area contributed by atoms with E-state index < -0.39 is 25.7 Å². The summed E-state index contributed by atoms with van der Waals surface area (Å²) in [5, 5.41) is -4.08. The summed E-state index contributed by atoms with van der Waals surface area (Å²) >= 11 is 0. The lowest BCUT2D eigenvalue weighted by molar-refractivity contribution is 0.0635. The molecule has 0 aliphatic carbocycles. The Morgan fingerprint density at radius 2 is 1.74 bits per heavy atom. The first kappa shape index (κ1) is 13.7. The number of hydrogen-bond donors (Lipinski definition) is 0. The van der Waals surface area contributed by atoms with Crippen molar-refractivity contribution >= 4 is 9.84 Å². The largest absolute Gasteiger partial charge is 0.459 e. The highest BCUT2D eigenvalue weighted by Gasteiger charge is 2.50. The summed E-state index contributed by atoms with van der Waals surface area (Å²) in [6.45, 7) is 1.73. The van der Waals surface area contributed by atoms with Crippen molar-refractivity contribution in [2.45, 2.75) is 23.5 Å². The number of alkyl halides is 2. The molecule has 2 rings (SSSR count). The molecule has 0 bridgehead atoms. The minimum atomic E-state index is -4.81. The second-order valence-corrected chi connectivity index (χ2v) is 5.94. The van der Waals surface area contributed by atoms with E-state index in [1.165, 1.54) is 18.2 Å². The number of furan rings is 1.